The molecule has 3 unspecified atom stereocenters. The van der Waals surface area contributed by atoms with Gasteiger partial charge in [0.2, 0.25) is 0 Å². The summed E-state index contributed by atoms with van der Waals surface area (Å²) in [5, 5.41) is 3.29. The topological polar surface area (TPSA) is 87.0 Å². The Labute approximate surface area is 127 Å². The van der Waals surface area contributed by atoms with Gasteiger partial charge in [-0.2, -0.15) is 0 Å². The van der Waals surface area contributed by atoms with Gasteiger partial charge in [-0.15, -0.1) is 0 Å². The highest BCUT2D eigenvalue weighted by molar-refractivity contribution is 5.75. The van der Waals surface area contributed by atoms with Gasteiger partial charge in [0.1, 0.15) is 6.04 Å². The summed E-state index contributed by atoms with van der Waals surface area (Å²) < 4.78 is 16.8. The van der Waals surface area contributed by atoms with E-state index < -0.39 is 17.7 Å². The maximum absolute atomic E-state index is 11.5. The number of esters is 2. The number of piperidine rings is 1. The van der Waals surface area contributed by atoms with Gasteiger partial charge in [0.05, 0.1) is 12.2 Å². The number of nitrogens with zero attached hydrogens (tertiary/aromatic N) is 1. The lowest BCUT2D eigenvalue weighted by atomic mass is 10.00. The first-order valence-electron chi connectivity index (χ1n) is 7.19. The van der Waals surface area contributed by atoms with Gasteiger partial charge < -0.3 is 19.1 Å². The zero-order chi connectivity index (χ0) is 15.5. The Balaban J connectivity index is 1.78. The Bertz CT molecular complexity index is 676. The van der Waals surface area contributed by atoms with Gasteiger partial charge in [0.25, 0.3) is 5.79 Å². The van der Waals surface area contributed by atoms with E-state index in [1.165, 1.54) is 13.8 Å². The molecule has 0 radical (unpaired) electrons. The third-order valence-corrected chi connectivity index (χ3v) is 4.13. The monoisotopic (exact) mass is 304 g/mol. The average Bonchev–Trinajstić information content (AvgIpc) is 3.19. The zero-order valence-corrected chi connectivity index (χ0v) is 12.3. The molecule has 3 aliphatic rings. The maximum Gasteiger partial charge on any atom is 0.308 e. The molecule has 3 atom stereocenters. The summed E-state index contributed by atoms with van der Waals surface area (Å²) >= 11 is 0. The largest absolute Gasteiger partial charge is 0.443 e. The lowest BCUT2D eigenvalue weighted by Crippen LogP contribution is -2.62. The number of rotatable bonds is 2. The van der Waals surface area contributed by atoms with Crippen LogP contribution in [0.15, 0.2) is 18.2 Å². The molecule has 0 amide bonds. The fraction of sp³-hybridized carbons (Fsp3) is 0.467. The second-order valence-corrected chi connectivity index (χ2v) is 5.84. The minimum atomic E-state index is -1.07. The highest BCUT2D eigenvalue weighted by Crippen LogP contribution is 2.49. The molecule has 0 spiro atoms. The Morgan fingerprint density at radius 3 is 2.91 bits per heavy atom. The van der Waals surface area contributed by atoms with Crippen LogP contribution < -0.4 is 19.7 Å². The minimum Gasteiger partial charge on any atom is -0.443 e. The van der Waals surface area contributed by atoms with Crippen LogP contribution in [0.1, 0.15) is 13.8 Å². The highest BCUT2D eigenvalue weighted by Gasteiger charge is 2.64. The number of para-hydroxylation sites is 1. The van der Waals surface area contributed by atoms with E-state index in [4.69, 9.17) is 14.2 Å². The molecule has 1 N–H and O–H groups in total. The normalized spacial score (nSPS) is 30.5. The van der Waals surface area contributed by atoms with Crippen molar-refractivity contribution >= 4 is 17.6 Å². The fourth-order valence-electron chi connectivity index (χ4n) is 3.34. The Morgan fingerprint density at radius 2 is 2.18 bits per heavy atom. The standard InChI is InChI=1S/C15H16N2O5/c1-8(18)20-12-5-3-4-11-13(12)22-15(21-9(2)19)7-17(11)6-10-14(15)16-10/h3-5,10,14,16H,6-7H2,1-2H3. The Hall–Kier alpha value is -2.28. The van der Waals surface area contributed by atoms with Crippen molar-refractivity contribution in [3.63, 3.8) is 0 Å². The first-order valence-corrected chi connectivity index (χ1v) is 7.19. The van der Waals surface area contributed by atoms with Crippen molar-refractivity contribution < 1.29 is 23.8 Å². The molecular formula is C15H16N2O5. The van der Waals surface area contributed by atoms with Crippen LogP contribution in [0.3, 0.4) is 0 Å². The number of carbonyl (C=O) groups excluding carboxylic acids is 2. The third-order valence-electron chi connectivity index (χ3n) is 4.13. The number of nitrogens with one attached hydrogen (secondary N) is 1. The van der Waals surface area contributed by atoms with Gasteiger partial charge in [-0.1, -0.05) is 6.07 Å². The number of anilines is 1. The predicted octanol–water partition coefficient (Wildman–Crippen LogP) is 0.424. The van der Waals surface area contributed by atoms with Crippen LogP contribution in [0.25, 0.3) is 0 Å². The van der Waals surface area contributed by atoms with Gasteiger partial charge in [-0.05, 0) is 12.1 Å². The molecule has 0 saturated carbocycles. The van der Waals surface area contributed by atoms with E-state index in [-0.39, 0.29) is 12.1 Å². The quantitative estimate of drug-likeness (QED) is 0.481. The average molecular weight is 304 g/mol. The van der Waals surface area contributed by atoms with Gasteiger partial charge in [0, 0.05) is 26.4 Å². The van der Waals surface area contributed by atoms with Crippen molar-refractivity contribution in [3.8, 4) is 11.5 Å². The van der Waals surface area contributed by atoms with Crippen LogP contribution >= 0.6 is 0 Å². The Kier molecular flexibility index (Phi) is 2.65. The third kappa shape index (κ3) is 1.93. The summed E-state index contributed by atoms with van der Waals surface area (Å²) in [5.41, 5.74) is 0.841. The molecule has 2 bridgehead atoms. The highest BCUT2D eigenvalue weighted by atomic mass is 16.7. The summed E-state index contributed by atoms with van der Waals surface area (Å²) in [4.78, 5) is 24.9. The Morgan fingerprint density at radius 1 is 1.36 bits per heavy atom. The number of ether oxygens (including phenoxy) is 3. The van der Waals surface area contributed by atoms with E-state index in [1.54, 1.807) is 6.07 Å². The number of hydrogen-bond acceptors (Lipinski definition) is 7. The molecule has 4 rings (SSSR count). The van der Waals surface area contributed by atoms with E-state index in [9.17, 15) is 9.59 Å². The van der Waals surface area contributed by atoms with Crippen LogP contribution in [0.4, 0.5) is 5.69 Å². The first kappa shape index (κ1) is 13.4. The summed E-state index contributed by atoms with van der Waals surface area (Å²) in [6.45, 7) is 3.95. The molecule has 1 aromatic rings. The minimum absolute atomic E-state index is 0.0359. The summed E-state index contributed by atoms with van der Waals surface area (Å²) in [6.07, 6.45) is 0. The van der Waals surface area contributed by atoms with Crippen molar-refractivity contribution in [1.29, 1.82) is 0 Å². The van der Waals surface area contributed by atoms with Gasteiger partial charge in [-0.25, -0.2) is 0 Å². The van der Waals surface area contributed by atoms with Crippen LogP contribution in [0.2, 0.25) is 0 Å². The molecule has 22 heavy (non-hydrogen) atoms. The smallest absolute Gasteiger partial charge is 0.308 e. The predicted molar refractivity (Wildman–Crippen MR) is 75.8 cm³/mol. The van der Waals surface area contributed by atoms with E-state index in [0.717, 1.165) is 12.2 Å². The van der Waals surface area contributed by atoms with Crippen molar-refractivity contribution in [2.45, 2.75) is 31.7 Å². The second kappa shape index (κ2) is 4.36. The number of benzene rings is 1. The van der Waals surface area contributed by atoms with Crippen molar-refractivity contribution in [2.75, 3.05) is 18.0 Å². The summed E-state index contributed by atoms with van der Waals surface area (Å²) in [6, 6.07) is 5.58. The summed E-state index contributed by atoms with van der Waals surface area (Å²) in [5.74, 6) is -1.12. The van der Waals surface area contributed by atoms with E-state index in [0.29, 0.717) is 18.0 Å². The van der Waals surface area contributed by atoms with Gasteiger partial charge in [0.15, 0.2) is 11.5 Å². The SMILES string of the molecule is CC(=O)Oc1cccc2c1OC1(OC(C)=O)CN2CC2NC21. The molecule has 3 aliphatic heterocycles. The molecule has 1 aromatic carbocycles. The van der Waals surface area contributed by atoms with Crippen LogP contribution in [-0.2, 0) is 14.3 Å². The van der Waals surface area contributed by atoms with Gasteiger partial charge >= 0.3 is 11.9 Å². The molecule has 2 fully saturated rings. The lowest BCUT2D eigenvalue weighted by Gasteiger charge is -2.46. The molecule has 116 valence electrons. The molecular weight excluding hydrogens is 288 g/mol. The van der Waals surface area contributed by atoms with E-state index in [2.05, 4.69) is 10.2 Å². The number of fused-ring (bicyclic) bond motifs is 6. The van der Waals surface area contributed by atoms with Crippen LogP contribution in [0.5, 0.6) is 11.5 Å². The van der Waals surface area contributed by atoms with Crippen molar-refractivity contribution in [2.24, 2.45) is 0 Å². The van der Waals surface area contributed by atoms with E-state index in [1.807, 2.05) is 12.1 Å². The maximum atomic E-state index is 11.5. The van der Waals surface area contributed by atoms with Crippen LogP contribution in [-0.4, -0.2) is 42.9 Å². The molecule has 7 heteroatoms. The molecule has 0 aromatic heterocycles. The van der Waals surface area contributed by atoms with Gasteiger partial charge in [-0.3, -0.25) is 14.9 Å². The van der Waals surface area contributed by atoms with E-state index >= 15 is 0 Å². The second-order valence-electron chi connectivity index (χ2n) is 5.84. The van der Waals surface area contributed by atoms with Crippen LogP contribution in [0, 0.1) is 0 Å². The number of carbonyl (C=O) groups is 2. The molecule has 7 nitrogen and oxygen atoms in total. The zero-order valence-electron chi connectivity index (χ0n) is 12.3. The number of hydrogen-bond donors (Lipinski definition) is 1. The molecule has 3 heterocycles. The van der Waals surface area contributed by atoms with Crippen molar-refractivity contribution in [1.82, 2.24) is 5.32 Å². The fourth-order valence-corrected chi connectivity index (χ4v) is 3.34. The lowest BCUT2D eigenvalue weighted by molar-refractivity contribution is -0.197. The molecule has 2 saturated heterocycles. The molecule has 0 aliphatic carbocycles. The van der Waals surface area contributed by atoms with Crippen molar-refractivity contribution in [3.05, 3.63) is 18.2 Å². The summed E-state index contributed by atoms with van der Waals surface area (Å²) in [7, 11) is 0. The first-order chi connectivity index (χ1) is 10.5.